The maximum Gasteiger partial charge on any atom is 0.266 e. The summed E-state index contributed by atoms with van der Waals surface area (Å²) < 4.78 is 36.7. The van der Waals surface area contributed by atoms with Gasteiger partial charge in [0.2, 0.25) is 10.0 Å². The van der Waals surface area contributed by atoms with Gasteiger partial charge < -0.3 is 4.74 Å². The first-order valence-electron chi connectivity index (χ1n) is 13.6. The zero-order valence-corrected chi connectivity index (χ0v) is 24.2. The third kappa shape index (κ3) is 5.80. The lowest BCUT2D eigenvalue weighted by Crippen LogP contribution is -2.38. The summed E-state index contributed by atoms with van der Waals surface area (Å²) in [7, 11) is -2.46. The van der Waals surface area contributed by atoms with E-state index in [9.17, 15) is 13.2 Å². The second-order valence-electron chi connectivity index (χ2n) is 9.85. The topological polar surface area (TPSA) is 81.5 Å². The van der Waals surface area contributed by atoms with E-state index in [-0.39, 0.29) is 17.0 Å². The zero-order chi connectivity index (χ0) is 29.0. The SMILES string of the molecule is CCc1ccc(-n2c(C(C)N(CCc3ccccc3)S(=O)(=O)c3ccc(OC)cc3)nc3ccccc3c2=O)cc1. The van der Waals surface area contributed by atoms with Crippen LogP contribution in [0.5, 0.6) is 5.75 Å². The van der Waals surface area contributed by atoms with Crippen molar-refractivity contribution in [2.45, 2.75) is 37.6 Å². The van der Waals surface area contributed by atoms with Gasteiger partial charge in [0.1, 0.15) is 11.6 Å². The lowest BCUT2D eigenvalue weighted by Gasteiger charge is -2.30. The third-order valence-corrected chi connectivity index (χ3v) is 9.32. The number of aryl methyl sites for hydroxylation is 1. The van der Waals surface area contributed by atoms with Gasteiger partial charge in [0.25, 0.3) is 5.56 Å². The predicted molar refractivity (Wildman–Crippen MR) is 162 cm³/mol. The molecule has 0 aliphatic heterocycles. The van der Waals surface area contributed by atoms with E-state index < -0.39 is 16.1 Å². The Labute approximate surface area is 240 Å². The van der Waals surface area contributed by atoms with Crippen molar-refractivity contribution >= 4 is 20.9 Å². The Balaban J connectivity index is 1.68. The molecule has 0 amide bonds. The van der Waals surface area contributed by atoms with Crippen LogP contribution in [0.4, 0.5) is 0 Å². The highest BCUT2D eigenvalue weighted by atomic mass is 32.2. The van der Waals surface area contributed by atoms with Crippen molar-refractivity contribution in [3.05, 3.63) is 130 Å². The van der Waals surface area contributed by atoms with Crippen LogP contribution in [0.1, 0.15) is 36.8 Å². The first-order chi connectivity index (χ1) is 19.8. The van der Waals surface area contributed by atoms with E-state index >= 15 is 0 Å². The number of para-hydroxylation sites is 1. The molecule has 0 saturated carbocycles. The molecule has 210 valence electrons. The molecule has 0 saturated heterocycles. The maximum absolute atomic E-state index is 14.2. The average molecular weight is 568 g/mol. The Kier molecular flexibility index (Phi) is 8.33. The van der Waals surface area contributed by atoms with Crippen LogP contribution in [-0.4, -0.2) is 35.9 Å². The highest BCUT2D eigenvalue weighted by Gasteiger charge is 2.33. The monoisotopic (exact) mass is 567 g/mol. The largest absolute Gasteiger partial charge is 0.497 e. The molecule has 7 nitrogen and oxygen atoms in total. The summed E-state index contributed by atoms with van der Waals surface area (Å²) in [5.41, 5.74) is 3.06. The molecule has 1 aromatic heterocycles. The molecule has 0 aliphatic rings. The number of fused-ring (bicyclic) bond motifs is 1. The Morgan fingerprint density at radius 3 is 2.17 bits per heavy atom. The number of sulfonamides is 1. The van der Waals surface area contributed by atoms with Gasteiger partial charge in [-0.3, -0.25) is 9.36 Å². The number of ether oxygens (including phenoxy) is 1. The fourth-order valence-corrected chi connectivity index (χ4v) is 6.57. The van der Waals surface area contributed by atoms with Gasteiger partial charge in [-0.05, 0) is 79.4 Å². The van der Waals surface area contributed by atoms with Crippen LogP contribution < -0.4 is 10.3 Å². The van der Waals surface area contributed by atoms with Gasteiger partial charge in [-0.15, -0.1) is 0 Å². The summed E-state index contributed by atoms with van der Waals surface area (Å²) in [6.45, 7) is 4.05. The molecule has 4 aromatic carbocycles. The normalized spacial score (nSPS) is 12.5. The van der Waals surface area contributed by atoms with Crippen LogP contribution in [0.2, 0.25) is 0 Å². The lowest BCUT2D eigenvalue weighted by atomic mass is 10.1. The smallest absolute Gasteiger partial charge is 0.266 e. The van der Waals surface area contributed by atoms with Crippen molar-refractivity contribution in [1.82, 2.24) is 13.9 Å². The van der Waals surface area contributed by atoms with Crippen molar-refractivity contribution in [1.29, 1.82) is 0 Å². The molecule has 0 spiro atoms. The van der Waals surface area contributed by atoms with E-state index in [4.69, 9.17) is 9.72 Å². The molecule has 0 radical (unpaired) electrons. The molecule has 5 aromatic rings. The van der Waals surface area contributed by atoms with Crippen LogP contribution in [0.25, 0.3) is 16.6 Å². The molecule has 8 heteroatoms. The minimum atomic E-state index is -4.00. The van der Waals surface area contributed by atoms with E-state index in [1.807, 2.05) is 60.7 Å². The van der Waals surface area contributed by atoms with Crippen LogP contribution in [0.3, 0.4) is 0 Å². The summed E-state index contributed by atoms with van der Waals surface area (Å²) >= 11 is 0. The summed E-state index contributed by atoms with van der Waals surface area (Å²) in [4.78, 5) is 19.0. The molecular formula is C33H33N3O4S. The second-order valence-corrected chi connectivity index (χ2v) is 11.7. The molecular weight excluding hydrogens is 534 g/mol. The van der Waals surface area contributed by atoms with Gasteiger partial charge in [0.05, 0.1) is 34.6 Å². The summed E-state index contributed by atoms with van der Waals surface area (Å²) in [6.07, 6.45) is 1.35. The summed E-state index contributed by atoms with van der Waals surface area (Å²) in [6, 6.07) is 30.2. The van der Waals surface area contributed by atoms with Crippen molar-refractivity contribution in [2.24, 2.45) is 0 Å². The number of hydrogen-bond acceptors (Lipinski definition) is 5. The molecule has 0 bridgehead atoms. The van der Waals surface area contributed by atoms with E-state index in [1.54, 1.807) is 54.0 Å². The van der Waals surface area contributed by atoms with Crippen LogP contribution in [0.15, 0.2) is 113 Å². The zero-order valence-electron chi connectivity index (χ0n) is 23.4. The van der Waals surface area contributed by atoms with Gasteiger partial charge in [-0.1, -0.05) is 61.5 Å². The fourth-order valence-electron chi connectivity index (χ4n) is 4.98. The molecule has 0 aliphatic carbocycles. The van der Waals surface area contributed by atoms with Crippen molar-refractivity contribution in [3.8, 4) is 11.4 Å². The van der Waals surface area contributed by atoms with Gasteiger partial charge in [0, 0.05) is 6.54 Å². The highest BCUT2D eigenvalue weighted by molar-refractivity contribution is 7.89. The third-order valence-electron chi connectivity index (χ3n) is 7.34. The van der Waals surface area contributed by atoms with Crippen LogP contribution in [0, 0.1) is 0 Å². The van der Waals surface area contributed by atoms with Crippen molar-refractivity contribution in [2.75, 3.05) is 13.7 Å². The standard InChI is InChI=1S/C33H33N3O4S/c1-4-25-14-16-27(17-15-25)36-32(34-31-13-9-8-12-30(31)33(36)37)24(2)35(23-22-26-10-6-5-7-11-26)41(38,39)29-20-18-28(40-3)19-21-29/h5-21,24H,4,22-23H2,1-3H3. The Morgan fingerprint density at radius 2 is 1.51 bits per heavy atom. The van der Waals surface area contributed by atoms with Gasteiger partial charge in [0.15, 0.2) is 0 Å². The second kappa shape index (κ2) is 12.1. The number of aromatic nitrogens is 2. The minimum Gasteiger partial charge on any atom is -0.497 e. The molecule has 0 N–H and O–H groups in total. The van der Waals surface area contributed by atoms with Gasteiger partial charge in [-0.2, -0.15) is 4.31 Å². The van der Waals surface area contributed by atoms with Gasteiger partial charge >= 0.3 is 0 Å². The van der Waals surface area contributed by atoms with E-state index in [0.29, 0.717) is 34.6 Å². The van der Waals surface area contributed by atoms with Crippen molar-refractivity contribution < 1.29 is 13.2 Å². The van der Waals surface area contributed by atoms with Crippen LogP contribution >= 0.6 is 0 Å². The van der Waals surface area contributed by atoms with Crippen LogP contribution in [-0.2, 0) is 22.9 Å². The van der Waals surface area contributed by atoms with E-state index in [0.717, 1.165) is 17.5 Å². The number of methoxy groups -OCH3 is 1. The highest BCUT2D eigenvalue weighted by Crippen LogP contribution is 2.30. The fraction of sp³-hybridized carbons (Fsp3) is 0.212. The molecule has 41 heavy (non-hydrogen) atoms. The molecule has 0 fully saturated rings. The molecule has 1 heterocycles. The number of nitrogens with zero attached hydrogens (tertiary/aromatic N) is 3. The Bertz CT molecular complexity index is 1800. The summed E-state index contributed by atoms with van der Waals surface area (Å²) in [5, 5.41) is 0.469. The maximum atomic E-state index is 14.2. The van der Waals surface area contributed by atoms with Crippen molar-refractivity contribution in [3.63, 3.8) is 0 Å². The Hall–Kier alpha value is -4.27. The quantitative estimate of drug-likeness (QED) is 0.208. The molecule has 1 atom stereocenters. The van der Waals surface area contributed by atoms with E-state index in [1.165, 1.54) is 11.4 Å². The lowest BCUT2D eigenvalue weighted by molar-refractivity contribution is 0.330. The number of hydrogen-bond donors (Lipinski definition) is 0. The minimum absolute atomic E-state index is 0.139. The first kappa shape index (κ1) is 28.3. The van der Waals surface area contributed by atoms with Gasteiger partial charge in [-0.25, -0.2) is 13.4 Å². The Morgan fingerprint density at radius 1 is 0.854 bits per heavy atom. The molecule has 1 unspecified atom stereocenters. The number of rotatable bonds is 10. The summed E-state index contributed by atoms with van der Waals surface area (Å²) in [5.74, 6) is 0.913. The number of benzene rings is 4. The average Bonchev–Trinajstić information content (AvgIpc) is 3.01. The van der Waals surface area contributed by atoms with E-state index in [2.05, 4.69) is 6.92 Å². The first-order valence-corrected chi connectivity index (χ1v) is 15.1. The molecule has 5 rings (SSSR count). The predicted octanol–water partition coefficient (Wildman–Crippen LogP) is 5.95.